The van der Waals surface area contributed by atoms with E-state index in [-0.39, 0.29) is 12.3 Å². The van der Waals surface area contributed by atoms with Crippen LogP contribution in [-0.4, -0.2) is 11.8 Å². The minimum Gasteiger partial charge on any atom is -0.370 e. The van der Waals surface area contributed by atoms with Crippen LogP contribution in [0.4, 0.5) is 0 Å². The van der Waals surface area contributed by atoms with Crippen LogP contribution in [-0.2, 0) is 4.79 Å². The molecule has 0 saturated heterocycles. The van der Waals surface area contributed by atoms with Gasteiger partial charge >= 0.3 is 0 Å². The molecule has 2 aromatic carbocycles. The molecule has 0 spiro atoms. The third-order valence-corrected chi connectivity index (χ3v) is 3.90. The third-order valence-electron chi connectivity index (χ3n) is 3.67. The molecule has 0 radical (unpaired) electrons. The molecule has 0 aliphatic rings. The molecule has 0 fully saturated rings. The van der Waals surface area contributed by atoms with Gasteiger partial charge in [0.15, 0.2) is 0 Å². The number of nitrogens with two attached hydrogens (primary N) is 1. The van der Waals surface area contributed by atoms with E-state index >= 15 is 0 Å². The van der Waals surface area contributed by atoms with E-state index in [0.29, 0.717) is 10.6 Å². The SMILES string of the molecule is Cc1cccc(C)c1C(=O)N[C@H](CC(N)=O)c1cccc(Cl)c1. The molecule has 0 aromatic heterocycles. The monoisotopic (exact) mass is 330 g/mol. The lowest BCUT2D eigenvalue weighted by atomic mass is 9.99. The van der Waals surface area contributed by atoms with Gasteiger partial charge in [0.2, 0.25) is 5.91 Å². The molecular formula is C18H19ClN2O2. The summed E-state index contributed by atoms with van der Waals surface area (Å²) in [7, 11) is 0. The first kappa shape index (κ1) is 17.0. The van der Waals surface area contributed by atoms with Crippen molar-refractivity contribution in [1.29, 1.82) is 0 Å². The third kappa shape index (κ3) is 4.33. The molecule has 0 unspecified atom stereocenters. The van der Waals surface area contributed by atoms with Crippen molar-refractivity contribution < 1.29 is 9.59 Å². The van der Waals surface area contributed by atoms with Gasteiger partial charge in [0.05, 0.1) is 12.5 Å². The van der Waals surface area contributed by atoms with Crippen molar-refractivity contribution in [2.45, 2.75) is 26.3 Å². The van der Waals surface area contributed by atoms with Crippen LogP contribution in [0, 0.1) is 13.8 Å². The Balaban J connectivity index is 2.31. The first-order chi connectivity index (χ1) is 10.9. The maximum atomic E-state index is 12.6. The van der Waals surface area contributed by atoms with Gasteiger partial charge in [0, 0.05) is 10.6 Å². The summed E-state index contributed by atoms with van der Waals surface area (Å²) in [5.74, 6) is -0.719. The lowest BCUT2D eigenvalue weighted by Crippen LogP contribution is -2.32. The van der Waals surface area contributed by atoms with Crippen LogP contribution < -0.4 is 11.1 Å². The summed E-state index contributed by atoms with van der Waals surface area (Å²) in [5.41, 5.74) is 8.44. The molecule has 2 rings (SSSR count). The fourth-order valence-electron chi connectivity index (χ4n) is 2.58. The van der Waals surface area contributed by atoms with Crippen LogP contribution in [0.15, 0.2) is 42.5 Å². The molecule has 2 amide bonds. The van der Waals surface area contributed by atoms with Crippen LogP contribution in [0.1, 0.15) is 39.5 Å². The lowest BCUT2D eigenvalue weighted by Gasteiger charge is -2.19. The molecule has 3 N–H and O–H groups in total. The fraction of sp³-hybridized carbons (Fsp3) is 0.222. The minimum absolute atomic E-state index is 0.0109. The Hall–Kier alpha value is -2.33. The van der Waals surface area contributed by atoms with E-state index in [4.69, 9.17) is 17.3 Å². The van der Waals surface area contributed by atoms with Crippen molar-refractivity contribution in [1.82, 2.24) is 5.32 Å². The zero-order chi connectivity index (χ0) is 17.0. The topological polar surface area (TPSA) is 72.2 Å². The number of benzene rings is 2. The first-order valence-corrected chi connectivity index (χ1v) is 7.67. The molecular weight excluding hydrogens is 312 g/mol. The average Bonchev–Trinajstić information content (AvgIpc) is 2.46. The van der Waals surface area contributed by atoms with Gasteiger partial charge in [-0.1, -0.05) is 41.9 Å². The normalized spacial score (nSPS) is 11.8. The average molecular weight is 331 g/mol. The second-order valence-corrected chi connectivity index (χ2v) is 5.95. The summed E-state index contributed by atoms with van der Waals surface area (Å²) in [6.07, 6.45) is 0.0109. The van der Waals surface area contributed by atoms with E-state index in [1.807, 2.05) is 38.1 Å². The highest BCUT2D eigenvalue weighted by Gasteiger charge is 2.20. The predicted molar refractivity (Wildman–Crippen MR) is 91.4 cm³/mol. The van der Waals surface area contributed by atoms with Crippen molar-refractivity contribution in [3.8, 4) is 0 Å². The highest BCUT2D eigenvalue weighted by atomic mass is 35.5. The lowest BCUT2D eigenvalue weighted by molar-refractivity contribution is -0.118. The number of halogens is 1. The molecule has 1 atom stereocenters. The van der Waals surface area contributed by atoms with E-state index in [0.717, 1.165) is 16.7 Å². The molecule has 2 aromatic rings. The Kier molecular flexibility index (Phi) is 5.40. The quantitative estimate of drug-likeness (QED) is 0.882. The number of nitrogens with one attached hydrogen (secondary N) is 1. The molecule has 5 heteroatoms. The van der Waals surface area contributed by atoms with Gasteiger partial charge in [-0.15, -0.1) is 0 Å². The number of hydrogen-bond donors (Lipinski definition) is 2. The Morgan fingerprint density at radius 2 is 1.74 bits per heavy atom. The van der Waals surface area contributed by atoms with Gasteiger partial charge in [-0.25, -0.2) is 0 Å². The zero-order valence-corrected chi connectivity index (χ0v) is 13.9. The summed E-state index contributed by atoms with van der Waals surface area (Å²) in [5, 5.41) is 3.43. The van der Waals surface area contributed by atoms with E-state index in [2.05, 4.69) is 5.32 Å². The summed E-state index contributed by atoms with van der Waals surface area (Å²) in [4.78, 5) is 24.0. The molecule has 23 heavy (non-hydrogen) atoms. The van der Waals surface area contributed by atoms with E-state index < -0.39 is 11.9 Å². The van der Waals surface area contributed by atoms with Crippen LogP contribution in [0.2, 0.25) is 5.02 Å². The number of aryl methyl sites for hydroxylation is 2. The summed E-state index contributed by atoms with van der Waals surface area (Å²) in [6.45, 7) is 3.76. The molecule has 0 saturated carbocycles. The highest BCUT2D eigenvalue weighted by Crippen LogP contribution is 2.22. The molecule has 120 valence electrons. The number of hydrogen-bond acceptors (Lipinski definition) is 2. The Morgan fingerprint density at radius 3 is 2.30 bits per heavy atom. The Bertz CT molecular complexity index is 723. The minimum atomic E-state index is -0.516. The van der Waals surface area contributed by atoms with E-state index in [1.165, 1.54) is 0 Å². The maximum Gasteiger partial charge on any atom is 0.252 e. The van der Waals surface area contributed by atoms with Gasteiger partial charge in [0.25, 0.3) is 5.91 Å². The number of rotatable bonds is 5. The fourth-order valence-corrected chi connectivity index (χ4v) is 2.78. The maximum absolute atomic E-state index is 12.6. The summed E-state index contributed by atoms with van der Waals surface area (Å²) >= 11 is 6.00. The molecule has 0 aliphatic heterocycles. The molecule has 4 nitrogen and oxygen atoms in total. The van der Waals surface area contributed by atoms with Crippen LogP contribution in [0.3, 0.4) is 0 Å². The van der Waals surface area contributed by atoms with Crippen molar-refractivity contribution >= 4 is 23.4 Å². The van der Waals surface area contributed by atoms with E-state index in [1.54, 1.807) is 18.2 Å². The number of carbonyl (C=O) groups excluding carboxylic acids is 2. The second kappa shape index (κ2) is 7.29. The standard InChI is InChI=1S/C18H19ClN2O2/c1-11-5-3-6-12(2)17(11)18(23)21-15(10-16(20)22)13-7-4-8-14(19)9-13/h3-9,15H,10H2,1-2H3,(H2,20,22)(H,21,23)/t15-/m1/s1. The second-order valence-electron chi connectivity index (χ2n) is 5.52. The Morgan fingerprint density at radius 1 is 1.13 bits per heavy atom. The van der Waals surface area contributed by atoms with Gasteiger partial charge in [-0.05, 0) is 42.7 Å². The summed E-state index contributed by atoms with van der Waals surface area (Å²) < 4.78 is 0. The van der Waals surface area contributed by atoms with Crippen molar-refractivity contribution in [3.05, 3.63) is 69.7 Å². The predicted octanol–water partition coefficient (Wildman–Crippen LogP) is 3.30. The largest absolute Gasteiger partial charge is 0.370 e. The molecule has 0 bridgehead atoms. The number of amides is 2. The summed E-state index contributed by atoms with van der Waals surface area (Å²) in [6, 6.07) is 12.2. The van der Waals surface area contributed by atoms with Gasteiger partial charge in [0.1, 0.15) is 0 Å². The van der Waals surface area contributed by atoms with Crippen molar-refractivity contribution in [3.63, 3.8) is 0 Å². The highest BCUT2D eigenvalue weighted by molar-refractivity contribution is 6.30. The van der Waals surface area contributed by atoms with Crippen molar-refractivity contribution in [2.75, 3.05) is 0 Å². The molecule has 0 heterocycles. The van der Waals surface area contributed by atoms with Crippen LogP contribution in [0.5, 0.6) is 0 Å². The number of carbonyl (C=O) groups is 2. The van der Waals surface area contributed by atoms with Crippen molar-refractivity contribution in [2.24, 2.45) is 5.73 Å². The van der Waals surface area contributed by atoms with Crippen LogP contribution in [0.25, 0.3) is 0 Å². The first-order valence-electron chi connectivity index (χ1n) is 7.29. The molecule has 0 aliphatic carbocycles. The van der Waals surface area contributed by atoms with Gasteiger partial charge in [-0.3, -0.25) is 9.59 Å². The number of primary amides is 1. The van der Waals surface area contributed by atoms with Gasteiger partial charge < -0.3 is 11.1 Å². The zero-order valence-electron chi connectivity index (χ0n) is 13.1. The Labute approximate surface area is 140 Å². The van der Waals surface area contributed by atoms with Gasteiger partial charge in [-0.2, -0.15) is 0 Å². The van der Waals surface area contributed by atoms with E-state index in [9.17, 15) is 9.59 Å². The smallest absolute Gasteiger partial charge is 0.252 e. The van der Waals surface area contributed by atoms with Crippen LogP contribution >= 0.6 is 11.6 Å².